The Kier molecular flexibility index (Phi) is 4.64. The molecule has 3 saturated carbocycles. The SMILES string of the molecule is CCC12CCC(c3ccc(C(=O)CCN(C)C)cc3)(CC1)CC2. The van der Waals surface area contributed by atoms with Gasteiger partial charge in [0.1, 0.15) is 0 Å². The lowest BCUT2D eigenvalue weighted by Crippen LogP contribution is -2.43. The molecule has 0 amide bonds. The van der Waals surface area contributed by atoms with Crippen molar-refractivity contribution < 1.29 is 4.79 Å². The number of hydrogen-bond acceptors (Lipinski definition) is 2. The van der Waals surface area contributed by atoms with Crippen LogP contribution in [0.3, 0.4) is 0 Å². The average Bonchev–Trinajstić information content (AvgIpc) is 2.61. The summed E-state index contributed by atoms with van der Waals surface area (Å²) in [6.45, 7) is 3.19. The summed E-state index contributed by atoms with van der Waals surface area (Å²) in [4.78, 5) is 14.3. The molecule has 4 rings (SSSR count). The topological polar surface area (TPSA) is 20.3 Å². The fourth-order valence-corrected chi connectivity index (χ4v) is 4.71. The number of ketones is 1. The first-order chi connectivity index (χ1) is 11.0. The van der Waals surface area contributed by atoms with E-state index in [0.717, 1.165) is 12.1 Å². The zero-order valence-corrected chi connectivity index (χ0v) is 15.0. The van der Waals surface area contributed by atoms with E-state index >= 15 is 0 Å². The van der Waals surface area contributed by atoms with Gasteiger partial charge in [-0.3, -0.25) is 4.79 Å². The fraction of sp³-hybridized carbons (Fsp3) is 0.667. The quantitative estimate of drug-likeness (QED) is 0.702. The van der Waals surface area contributed by atoms with E-state index in [1.807, 2.05) is 14.1 Å². The summed E-state index contributed by atoms with van der Waals surface area (Å²) < 4.78 is 0. The van der Waals surface area contributed by atoms with Crippen molar-refractivity contribution in [2.24, 2.45) is 5.41 Å². The van der Waals surface area contributed by atoms with Gasteiger partial charge in [0.05, 0.1) is 0 Å². The molecule has 0 atom stereocenters. The van der Waals surface area contributed by atoms with E-state index in [2.05, 4.69) is 36.1 Å². The predicted molar refractivity (Wildman–Crippen MR) is 96.0 cm³/mol. The third kappa shape index (κ3) is 3.24. The van der Waals surface area contributed by atoms with Crippen molar-refractivity contribution in [2.45, 2.75) is 63.7 Å². The van der Waals surface area contributed by atoms with Gasteiger partial charge in [-0.25, -0.2) is 0 Å². The lowest BCUT2D eigenvalue weighted by Gasteiger charge is -2.54. The van der Waals surface area contributed by atoms with Crippen LogP contribution in [0.1, 0.15) is 74.2 Å². The number of nitrogens with zero attached hydrogens (tertiary/aromatic N) is 1. The van der Waals surface area contributed by atoms with Gasteiger partial charge in [0.25, 0.3) is 0 Å². The Morgan fingerprint density at radius 1 is 1.00 bits per heavy atom. The number of hydrogen-bond donors (Lipinski definition) is 0. The fourth-order valence-electron chi connectivity index (χ4n) is 4.71. The highest BCUT2D eigenvalue weighted by Gasteiger charge is 2.48. The molecule has 0 heterocycles. The zero-order valence-electron chi connectivity index (χ0n) is 15.0. The highest BCUT2D eigenvalue weighted by atomic mass is 16.1. The smallest absolute Gasteiger partial charge is 0.164 e. The van der Waals surface area contributed by atoms with Crippen molar-refractivity contribution in [3.05, 3.63) is 35.4 Å². The second-order valence-corrected chi connectivity index (χ2v) is 8.19. The standard InChI is InChI=1S/C21H31NO/c1-4-20-10-13-21(14-11-20,15-12-20)18-7-5-17(6-8-18)19(23)9-16-22(2)3/h5-8H,4,9-16H2,1-3H3. The van der Waals surface area contributed by atoms with Crippen LogP contribution in [0, 0.1) is 5.41 Å². The van der Waals surface area contributed by atoms with E-state index in [-0.39, 0.29) is 5.78 Å². The Labute approximate surface area is 141 Å². The minimum absolute atomic E-state index is 0.264. The van der Waals surface area contributed by atoms with Gasteiger partial charge in [0.2, 0.25) is 0 Å². The van der Waals surface area contributed by atoms with Crippen molar-refractivity contribution in [1.29, 1.82) is 0 Å². The van der Waals surface area contributed by atoms with Gasteiger partial charge in [-0.15, -0.1) is 0 Å². The molecule has 1 aromatic rings. The highest BCUT2D eigenvalue weighted by Crippen LogP contribution is 2.58. The average molecular weight is 313 g/mol. The first kappa shape index (κ1) is 16.7. The summed E-state index contributed by atoms with van der Waals surface area (Å²) in [5.74, 6) is 0.264. The third-order valence-electron chi connectivity index (χ3n) is 6.76. The molecule has 0 saturated heterocycles. The molecule has 0 spiro atoms. The monoisotopic (exact) mass is 313 g/mol. The Morgan fingerprint density at radius 2 is 1.57 bits per heavy atom. The van der Waals surface area contributed by atoms with Gasteiger partial charge < -0.3 is 4.90 Å². The number of carbonyl (C=O) groups excluding carboxylic acids is 1. The van der Waals surface area contributed by atoms with Gasteiger partial charge in [0, 0.05) is 18.5 Å². The summed E-state index contributed by atoms with van der Waals surface area (Å²) >= 11 is 0. The van der Waals surface area contributed by atoms with Crippen LogP contribution in [0.5, 0.6) is 0 Å². The minimum Gasteiger partial charge on any atom is -0.309 e. The zero-order chi connectivity index (χ0) is 16.5. The normalized spacial score (nSPS) is 29.9. The summed E-state index contributed by atoms with van der Waals surface area (Å²) in [6.07, 6.45) is 10.2. The maximum atomic E-state index is 12.2. The molecule has 0 N–H and O–H groups in total. The van der Waals surface area contributed by atoms with E-state index in [1.54, 1.807) is 0 Å². The molecule has 126 valence electrons. The Balaban J connectivity index is 1.70. The van der Waals surface area contributed by atoms with Crippen LogP contribution in [-0.4, -0.2) is 31.3 Å². The molecule has 2 heteroatoms. The lowest BCUT2D eigenvalue weighted by atomic mass is 9.51. The molecule has 2 nitrogen and oxygen atoms in total. The molecule has 23 heavy (non-hydrogen) atoms. The highest BCUT2D eigenvalue weighted by molar-refractivity contribution is 5.96. The van der Waals surface area contributed by atoms with Crippen LogP contribution in [0.25, 0.3) is 0 Å². The van der Waals surface area contributed by atoms with E-state index < -0.39 is 0 Å². The molecule has 1 aromatic carbocycles. The summed E-state index contributed by atoms with van der Waals surface area (Å²) in [5.41, 5.74) is 3.42. The van der Waals surface area contributed by atoms with Crippen LogP contribution in [0.2, 0.25) is 0 Å². The Morgan fingerprint density at radius 3 is 2.04 bits per heavy atom. The van der Waals surface area contributed by atoms with Crippen LogP contribution < -0.4 is 0 Å². The van der Waals surface area contributed by atoms with E-state index in [9.17, 15) is 4.79 Å². The molecule has 3 fully saturated rings. The molecular weight excluding hydrogens is 282 g/mol. The van der Waals surface area contributed by atoms with E-state index in [0.29, 0.717) is 17.3 Å². The molecule has 0 unspecified atom stereocenters. The van der Waals surface area contributed by atoms with Gasteiger partial charge in [-0.1, -0.05) is 37.6 Å². The number of rotatable bonds is 6. The van der Waals surface area contributed by atoms with Crippen LogP contribution in [0.15, 0.2) is 24.3 Å². The van der Waals surface area contributed by atoms with Crippen molar-refractivity contribution in [2.75, 3.05) is 20.6 Å². The van der Waals surface area contributed by atoms with E-state index in [4.69, 9.17) is 0 Å². The van der Waals surface area contributed by atoms with Crippen LogP contribution >= 0.6 is 0 Å². The van der Waals surface area contributed by atoms with E-state index in [1.165, 1.54) is 50.5 Å². The van der Waals surface area contributed by atoms with Gasteiger partial charge in [-0.05, 0) is 69.0 Å². The maximum Gasteiger partial charge on any atom is 0.164 e. The van der Waals surface area contributed by atoms with Crippen molar-refractivity contribution in [3.8, 4) is 0 Å². The first-order valence-electron chi connectivity index (χ1n) is 9.27. The molecule has 2 bridgehead atoms. The molecule has 3 aliphatic carbocycles. The van der Waals surface area contributed by atoms with Crippen molar-refractivity contribution in [1.82, 2.24) is 4.90 Å². The van der Waals surface area contributed by atoms with Crippen molar-refractivity contribution >= 4 is 5.78 Å². The van der Waals surface area contributed by atoms with Crippen molar-refractivity contribution in [3.63, 3.8) is 0 Å². The number of carbonyl (C=O) groups is 1. The molecular formula is C21H31NO. The van der Waals surface area contributed by atoms with Gasteiger partial charge in [0.15, 0.2) is 5.78 Å². The summed E-state index contributed by atoms with van der Waals surface area (Å²) in [6, 6.07) is 8.62. The van der Waals surface area contributed by atoms with Crippen LogP contribution in [0.4, 0.5) is 0 Å². The molecule has 0 radical (unpaired) electrons. The maximum absolute atomic E-state index is 12.2. The predicted octanol–water partition coefficient (Wildman–Crippen LogP) is 4.82. The Hall–Kier alpha value is -1.15. The Bertz CT molecular complexity index is 533. The molecule has 3 aliphatic rings. The number of Topliss-reactive ketones (excluding diaryl/α,β-unsaturated/α-hetero) is 1. The van der Waals surface area contributed by atoms with Gasteiger partial charge in [-0.2, -0.15) is 0 Å². The summed E-state index contributed by atoms with van der Waals surface area (Å²) in [7, 11) is 4.02. The molecule has 0 aliphatic heterocycles. The first-order valence-corrected chi connectivity index (χ1v) is 9.27. The molecule has 0 aromatic heterocycles. The van der Waals surface area contributed by atoms with Gasteiger partial charge >= 0.3 is 0 Å². The largest absolute Gasteiger partial charge is 0.309 e. The van der Waals surface area contributed by atoms with Crippen LogP contribution in [-0.2, 0) is 5.41 Å². The number of fused-ring (bicyclic) bond motifs is 3. The second kappa shape index (κ2) is 6.39. The summed E-state index contributed by atoms with van der Waals surface area (Å²) in [5, 5.41) is 0. The minimum atomic E-state index is 0.264. The third-order valence-corrected chi connectivity index (χ3v) is 6.76. The second-order valence-electron chi connectivity index (χ2n) is 8.19. The number of benzene rings is 1. The lowest BCUT2D eigenvalue weighted by molar-refractivity contribution is 0.0367.